The van der Waals surface area contributed by atoms with Crippen LogP contribution in [0.25, 0.3) is 0 Å². The zero-order valence-corrected chi connectivity index (χ0v) is 12.7. The van der Waals surface area contributed by atoms with Crippen LogP contribution in [0.2, 0.25) is 0 Å². The van der Waals surface area contributed by atoms with E-state index >= 15 is 0 Å². The molecule has 2 atom stereocenters. The fraction of sp³-hybridized carbons (Fsp3) is 0.556. The van der Waals surface area contributed by atoms with Gasteiger partial charge in [0, 0.05) is 18.2 Å². The second-order valence-electron chi connectivity index (χ2n) is 6.45. The highest BCUT2D eigenvalue weighted by Crippen LogP contribution is 2.35. The van der Waals surface area contributed by atoms with Crippen molar-refractivity contribution in [2.24, 2.45) is 5.92 Å². The molecule has 1 amide bonds. The van der Waals surface area contributed by atoms with E-state index in [0.29, 0.717) is 17.5 Å². The van der Waals surface area contributed by atoms with Crippen LogP contribution in [0.5, 0.6) is 0 Å². The number of hydrogen-bond donors (Lipinski definition) is 0. The van der Waals surface area contributed by atoms with E-state index in [-0.39, 0.29) is 11.7 Å². The lowest BCUT2D eigenvalue weighted by atomic mass is 9.78. The number of likely N-dealkylation sites (tertiary alicyclic amines) is 1. The minimum absolute atomic E-state index is 0.296. The minimum atomic E-state index is -0.346. The summed E-state index contributed by atoms with van der Waals surface area (Å²) in [5, 5.41) is 0. The lowest BCUT2D eigenvalue weighted by molar-refractivity contribution is -0.132. The predicted octanol–water partition coefficient (Wildman–Crippen LogP) is 3.36. The van der Waals surface area contributed by atoms with Crippen LogP contribution in [0.15, 0.2) is 24.3 Å². The Labute approximate surface area is 126 Å². The van der Waals surface area contributed by atoms with E-state index in [4.69, 9.17) is 0 Å². The highest BCUT2D eigenvalue weighted by atomic mass is 16.2. The number of fused-ring (bicyclic) bond motifs is 1. The number of nitrogens with zero attached hydrogens (tertiary/aromatic N) is 1. The van der Waals surface area contributed by atoms with Crippen molar-refractivity contribution < 1.29 is 9.59 Å². The van der Waals surface area contributed by atoms with Crippen LogP contribution in [-0.4, -0.2) is 29.2 Å². The highest BCUT2D eigenvalue weighted by Gasteiger charge is 2.37. The molecule has 1 aliphatic carbocycles. The van der Waals surface area contributed by atoms with Crippen LogP contribution < -0.4 is 0 Å². The Morgan fingerprint density at radius 2 is 1.67 bits per heavy atom. The topological polar surface area (TPSA) is 37.4 Å². The van der Waals surface area contributed by atoms with Gasteiger partial charge in [-0.2, -0.15) is 0 Å². The van der Waals surface area contributed by atoms with Crippen LogP contribution in [0.3, 0.4) is 0 Å². The third kappa shape index (κ3) is 2.87. The van der Waals surface area contributed by atoms with Gasteiger partial charge in [0.25, 0.3) is 5.91 Å². The van der Waals surface area contributed by atoms with Crippen LogP contribution in [0.1, 0.15) is 54.4 Å². The summed E-state index contributed by atoms with van der Waals surface area (Å²) in [6.45, 7) is 2.73. The average Bonchev–Trinajstić information content (AvgIpc) is 2.53. The van der Waals surface area contributed by atoms with E-state index in [2.05, 4.69) is 0 Å². The summed E-state index contributed by atoms with van der Waals surface area (Å²) in [6, 6.07) is 7.60. The number of rotatable bonds is 2. The van der Waals surface area contributed by atoms with Gasteiger partial charge >= 0.3 is 0 Å². The SMILES string of the molecule is Cc1ccc(C(=O)C(=O)N2CCCC3CCCCC32)cc1. The van der Waals surface area contributed by atoms with Crippen molar-refractivity contribution in [2.75, 3.05) is 6.54 Å². The predicted molar refractivity (Wildman–Crippen MR) is 82.2 cm³/mol. The molecular formula is C18H23NO2. The Hall–Kier alpha value is -1.64. The first-order chi connectivity index (χ1) is 10.2. The molecule has 2 fully saturated rings. The first-order valence-electron chi connectivity index (χ1n) is 8.09. The van der Waals surface area contributed by atoms with E-state index < -0.39 is 0 Å². The van der Waals surface area contributed by atoms with Crippen molar-refractivity contribution in [3.8, 4) is 0 Å². The molecule has 1 aliphatic heterocycles. The molecule has 2 unspecified atom stereocenters. The fourth-order valence-electron chi connectivity index (χ4n) is 3.84. The molecule has 1 aromatic carbocycles. The Morgan fingerprint density at radius 1 is 1.00 bits per heavy atom. The third-order valence-electron chi connectivity index (χ3n) is 5.01. The van der Waals surface area contributed by atoms with Gasteiger partial charge in [-0.1, -0.05) is 42.7 Å². The van der Waals surface area contributed by atoms with E-state index in [0.717, 1.165) is 24.9 Å². The first kappa shape index (κ1) is 14.3. The van der Waals surface area contributed by atoms with Crippen molar-refractivity contribution in [2.45, 2.75) is 51.5 Å². The molecule has 1 saturated carbocycles. The Balaban J connectivity index is 1.77. The monoisotopic (exact) mass is 285 g/mol. The number of piperidine rings is 1. The summed E-state index contributed by atoms with van der Waals surface area (Å²) in [7, 11) is 0. The second kappa shape index (κ2) is 6.00. The van der Waals surface area contributed by atoms with E-state index in [1.54, 1.807) is 12.1 Å². The molecule has 3 nitrogen and oxygen atoms in total. The molecule has 0 spiro atoms. The second-order valence-corrected chi connectivity index (χ2v) is 6.45. The summed E-state index contributed by atoms with van der Waals surface area (Å²) in [5.74, 6) is -0.0288. The number of carbonyl (C=O) groups is 2. The van der Waals surface area contributed by atoms with Crippen molar-refractivity contribution >= 4 is 11.7 Å². The van der Waals surface area contributed by atoms with Gasteiger partial charge < -0.3 is 4.90 Å². The summed E-state index contributed by atoms with van der Waals surface area (Å²) in [4.78, 5) is 26.9. The molecule has 3 heteroatoms. The zero-order chi connectivity index (χ0) is 14.8. The number of benzene rings is 1. The van der Waals surface area contributed by atoms with Crippen LogP contribution in [-0.2, 0) is 4.79 Å². The smallest absolute Gasteiger partial charge is 0.295 e. The van der Waals surface area contributed by atoms with Crippen LogP contribution in [0, 0.1) is 12.8 Å². The molecular weight excluding hydrogens is 262 g/mol. The molecule has 1 saturated heterocycles. The molecule has 3 rings (SSSR count). The van der Waals surface area contributed by atoms with Gasteiger partial charge in [-0.15, -0.1) is 0 Å². The molecule has 1 aromatic rings. The normalized spacial score (nSPS) is 25.3. The van der Waals surface area contributed by atoms with Crippen molar-refractivity contribution in [3.63, 3.8) is 0 Å². The molecule has 112 valence electrons. The summed E-state index contributed by atoms with van der Waals surface area (Å²) < 4.78 is 0. The summed E-state index contributed by atoms with van der Waals surface area (Å²) in [6.07, 6.45) is 6.99. The maximum Gasteiger partial charge on any atom is 0.295 e. The van der Waals surface area contributed by atoms with Gasteiger partial charge in [0.1, 0.15) is 0 Å². The minimum Gasteiger partial charge on any atom is -0.333 e. The number of aryl methyl sites for hydroxylation is 1. The van der Waals surface area contributed by atoms with E-state index in [9.17, 15) is 9.59 Å². The zero-order valence-electron chi connectivity index (χ0n) is 12.7. The van der Waals surface area contributed by atoms with Crippen LogP contribution >= 0.6 is 0 Å². The van der Waals surface area contributed by atoms with Gasteiger partial charge in [-0.25, -0.2) is 0 Å². The summed E-state index contributed by atoms with van der Waals surface area (Å²) >= 11 is 0. The Bertz CT molecular complexity index is 533. The average molecular weight is 285 g/mol. The molecule has 0 bridgehead atoms. The maximum atomic E-state index is 12.6. The molecule has 0 aromatic heterocycles. The number of hydrogen-bond acceptors (Lipinski definition) is 2. The van der Waals surface area contributed by atoms with E-state index in [1.807, 2.05) is 24.0 Å². The van der Waals surface area contributed by atoms with Crippen LogP contribution in [0.4, 0.5) is 0 Å². The molecule has 2 aliphatic rings. The van der Waals surface area contributed by atoms with E-state index in [1.165, 1.54) is 25.7 Å². The largest absolute Gasteiger partial charge is 0.333 e. The van der Waals surface area contributed by atoms with Gasteiger partial charge in [-0.3, -0.25) is 9.59 Å². The fourth-order valence-corrected chi connectivity index (χ4v) is 3.84. The number of Topliss-reactive ketones (excluding diaryl/α,β-unsaturated/α-hetero) is 1. The van der Waals surface area contributed by atoms with Gasteiger partial charge in [0.15, 0.2) is 0 Å². The molecule has 1 heterocycles. The molecule has 0 radical (unpaired) electrons. The lowest BCUT2D eigenvalue weighted by Gasteiger charge is -2.43. The Morgan fingerprint density at radius 3 is 2.43 bits per heavy atom. The first-order valence-corrected chi connectivity index (χ1v) is 8.09. The van der Waals surface area contributed by atoms with Crippen molar-refractivity contribution in [1.82, 2.24) is 4.90 Å². The molecule has 21 heavy (non-hydrogen) atoms. The standard InChI is InChI=1S/C18H23NO2/c1-13-8-10-15(11-9-13)17(20)18(21)19-12-4-6-14-5-2-3-7-16(14)19/h8-11,14,16H,2-7,12H2,1H3. The third-order valence-corrected chi connectivity index (χ3v) is 5.01. The quantitative estimate of drug-likeness (QED) is 0.617. The highest BCUT2D eigenvalue weighted by molar-refractivity contribution is 6.42. The lowest BCUT2D eigenvalue weighted by Crippen LogP contribution is -2.51. The number of carbonyl (C=O) groups excluding carboxylic acids is 2. The maximum absolute atomic E-state index is 12.6. The van der Waals surface area contributed by atoms with Gasteiger partial charge in [0.2, 0.25) is 5.78 Å². The van der Waals surface area contributed by atoms with Gasteiger partial charge in [0.05, 0.1) is 0 Å². The number of ketones is 1. The summed E-state index contributed by atoms with van der Waals surface area (Å²) in [5.41, 5.74) is 1.62. The number of amides is 1. The van der Waals surface area contributed by atoms with Crippen molar-refractivity contribution in [3.05, 3.63) is 35.4 Å². The molecule has 0 N–H and O–H groups in total. The van der Waals surface area contributed by atoms with Crippen molar-refractivity contribution in [1.29, 1.82) is 0 Å². The Kier molecular flexibility index (Phi) is 4.09. The van der Waals surface area contributed by atoms with Gasteiger partial charge in [-0.05, 0) is 38.5 Å².